The van der Waals surface area contributed by atoms with E-state index in [1.807, 2.05) is 17.5 Å². The number of hydrogen-bond acceptors (Lipinski definition) is 5. The van der Waals surface area contributed by atoms with Crippen LogP contribution in [0.1, 0.15) is 24.8 Å². The Hall–Kier alpha value is -1.66. The highest BCUT2D eigenvalue weighted by atomic mass is 32.1. The van der Waals surface area contributed by atoms with Crippen LogP contribution in [0.5, 0.6) is 0 Å². The first-order chi connectivity index (χ1) is 9.99. The molecule has 2 heterocycles. The van der Waals surface area contributed by atoms with E-state index >= 15 is 0 Å². The van der Waals surface area contributed by atoms with Gasteiger partial charge in [-0.3, -0.25) is 9.59 Å². The molecule has 0 bridgehead atoms. The summed E-state index contributed by atoms with van der Waals surface area (Å²) in [6.07, 6.45) is 0. The van der Waals surface area contributed by atoms with Gasteiger partial charge in [0.15, 0.2) is 11.5 Å². The highest BCUT2D eigenvalue weighted by Crippen LogP contribution is 2.40. The summed E-state index contributed by atoms with van der Waals surface area (Å²) < 4.78 is 5.02. The average molecular weight is 309 g/mol. The molecule has 2 rings (SSSR count). The maximum atomic E-state index is 12.4. The third-order valence-corrected chi connectivity index (χ3v) is 4.37. The first kappa shape index (κ1) is 15.7. The van der Waals surface area contributed by atoms with Gasteiger partial charge in [-0.25, -0.2) is 0 Å². The lowest BCUT2D eigenvalue weighted by Gasteiger charge is -2.25. The van der Waals surface area contributed by atoms with Crippen molar-refractivity contribution < 1.29 is 19.4 Å². The molecule has 1 atom stereocenters. The Morgan fingerprint density at radius 1 is 1.52 bits per heavy atom. The summed E-state index contributed by atoms with van der Waals surface area (Å²) in [5.41, 5.74) is 0.202. The van der Waals surface area contributed by atoms with Crippen molar-refractivity contribution in [3.8, 4) is 0 Å². The molecule has 5 nitrogen and oxygen atoms in total. The molecule has 1 amide bonds. The van der Waals surface area contributed by atoms with Gasteiger partial charge in [-0.05, 0) is 11.4 Å². The van der Waals surface area contributed by atoms with Gasteiger partial charge in [0.1, 0.15) is 0 Å². The lowest BCUT2D eigenvalue weighted by Crippen LogP contribution is -2.33. The third-order valence-electron chi connectivity index (χ3n) is 3.44. The van der Waals surface area contributed by atoms with E-state index in [9.17, 15) is 14.7 Å². The number of Topliss-reactive ketones (excluding diaryl/α,β-unsaturated/α-hetero) is 1. The molecule has 1 aliphatic heterocycles. The highest BCUT2D eigenvalue weighted by Gasteiger charge is 2.44. The molecule has 0 fully saturated rings. The first-order valence-corrected chi connectivity index (χ1v) is 7.67. The number of aliphatic hydroxyl groups excluding tert-OH is 1. The molecule has 6 heteroatoms. The van der Waals surface area contributed by atoms with Gasteiger partial charge in [-0.2, -0.15) is 0 Å². The Bertz CT molecular complexity index is 562. The molecule has 1 aromatic rings. The van der Waals surface area contributed by atoms with Crippen LogP contribution in [0.3, 0.4) is 0 Å². The molecule has 0 saturated heterocycles. The molecule has 0 radical (unpaired) electrons. The normalized spacial score (nSPS) is 19.0. The van der Waals surface area contributed by atoms with Crippen molar-refractivity contribution in [3.05, 3.63) is 33.7 Å². The zero-order chi connectivity index (χ0) is 15.6. The van der Waals surface area contributed by atoms with E-state index in [0.717, 1.165) is 4.88 Å². The predicted molar refractivity (Wildman–Crippen MR) is 80.1 cm³/mol. The standard InChI is InChI=1S/C15H19NO4S/c1-9(2)13(17)11-12(10-5-4-8-21-10)16(6-7-20-3)15(19)14(11)18/h4-5,8-9,12,18H,6-7H2,1-3H3. The van der Waals surface area contributed by atoms with Crippen LogP contribution in [0.15, 0.2) is 28.8 Å². The second-order valence-corrected chi connectivity index (χ2v) is 6.17. The number of ether oxygens (including phenoxy) is 1. The minimum absolute atomic E-state index is 0.195. The van der Waals surface area contributed by atoms with Crippen LogP contribution in [-0.4, -0.2) is 42.0 Å². The third kappa shape index (κ3) is 2.87. The van der Waals surface area contributed by atoms with Gasteiger partial charge in [0.2, 0.25) is 0 Å². The maximum Gasteiger partial charge on any atom is 0.290 e. The number of amides is 1. The molecule has 0 saturated carbocycles. The Labute approximate surface area is 127 Å². The fourth-order valence-electron chi connectivity index (χ4n) is 2.38. The van der Waals surface area contributed by atoms with Gasteiger partial charge < -0.3 is 14.7 Å². The van der Waals surface area contributed by atoms with E-state index in [-0.39, 0.29) is 17.3 Å². The minimum atomic E-state index is -0.512. The molecule has 1 N–H and O–H groups in total. The lowest BCUT2D eigenvalue weighted by atomic mass is 9.95. The highest BCUT2D eigenvalue weighted by molar-refractivity contribution is 7.10. The van der Waals surface area contributed by atoms with Gasteiger partial charge in [-0.1, -0.05) is 19.9 Å². The van der Waals surface area contributed by atoms with Crippen LogP contribution in [-0.2, 0) is 14.3 Å². The molecule has 0 spiro atoms. The van der Waals surface area contributed by atoms with Gasteiger partial charge in [0.25, 0.3) is 5.91 Å². The van der Waals surface area contributed by atoms with Crippen molar-refractivity contribution in [2.75, 3.05) is 20.3 Å². The number of methoxy groups -OCH3 is 1. The minimum Gasteiger partial charge on any atom is -0.503 e. The fraction of sp³-hybridized carbons (Fsp3) is 0.467. The summed E-state index contributed by atoms with van der Waals surface area (Å²) in [5, 5.41) is 12.0. The van der Waals surface area contributed by atoms with E-state index in [2.05, 4.69) is 0 Å². The molecular formula is C15H19NO4S. The summed E-state index contributed by atoms with van der Waals surface area (Å²) in [5.74, 6) is -1.41. The summed E-state index contributed by atoms with van der Waals surface area (Å²) in [6.45, 7) is 4.20. The van der Waals surface area contributed by atoms with Crippen LogP contribution in [0, 0.1) is 5.92 Å². The largest absolute Gasteiger partial charge is 0.503 e. The number of thiophene rings is 1. The van der Waals surface area contributed by atoms with Gasteiger partial charge in [0.05, 0.1) is 18.2 Å². The number of carbonyl (C=O) groups excluding carboxylic acids is 2. The van der Waals surface area contributed by atoms with Gasteiger partial charge in [0, 0.05) is 24.4 Å². The van der Waals surface area contributed by atoms with Crippen molar-refractivity contribution in [3.63, 3.8) is 0 Å². The van der Waals surface area contributed by atoms with Crippen LogP contribution in [0.4, 0.5) is 0 Å². The fourth-order valence-corrected chi connectivity index (χ4v) is 3.22. The number of carbonyl (C=O) groups is 2. The van der Waals surface area contributed by atoms with E-state index < -0.39 is 17.7 Å². The quantitative estimate of drug-likeness (QED) is 0.875. The number of ketones is 1. The average Bonchev–Trinajstić information content (AvgIpc) is 3.05. The van der Waals surface area contributed by atoms with Crippen molar-refractivity contribution in [1.29, 1.82) is 0 Å². The summed E-state index contributed by atoms with van der Waals surface area (Å²) in [7, 11) is 1.55. The Balaban J connectivity index is 2.44. The predicted octanol–water partition coefficient (Wildman–Crippen LogP) is 2.32. The number of nitrogens with zero attached hydrogens (tertiary/aromatic N) is 1. The maximum absolute atomic E-state index is 12.4. The number of aliphatic hydroxyl groups is 1. The van der Waals surface area contributed by atoms with Crippen molar-refractivity contribution in [2.24, 2.45) is 5.92 Å². The Morgan fingerprint density at radius 3 is 2.76 bits per heavy atom. The van der Waals surface area contributed by atoms with E-state index in [1.165, 1.54) is 16.2 Å². The van der Waals surface area contributed by atoms with Crippen LogP contribution in [0.2, 0.25) is 0 Å². The topological polar surface area (TPSA) is 66.8 Å². The molecule has 1 aliphatic rings. The monoisotopic (exact) mass is 309 g/mol. The smallest absolute Gasteiger partial charge is 0.290 e. The van der Waals surface area contributed by atoms with Gasteiger partial charge >= 0.3 is 0 Å². The van der Waals surface area contributed by atoms with E-state index in [1.54, 1.807) is 21.0 Å². The zero-order valence-corrected chi connectivity index (χ0v) is 13.1. The number of rotatable bonds is 6. The molecule has 114 valence electrons. The zero-order valence-electron chi connectivity index (χ0n) is 12.3. The molecule has 21 heavy (non-hydrogen) atoms. The van der Waals surface area contributed by atoms with Gasteiger partial charge in [-0.15, -0.1) is 11.3 Å². The van der Waals surface area contributed by atoms with Crippen LogP contribution < -0.4 is 0 Å². The van der Waals surface area contributed by atoms with E-state index in [4.69, 9.17) is 4.74 Å². The summed E-state index contributed by atoms with van der Waals surface area (Å²) in [4.78, 5) is 27.0. The van der Waals surface area contributed by atoms with Crippen molar-refractivity contribution in [1.82, 2.24) is 4.90 Å². The number of hydrogen-bond donors (Lipinski definition) is 1. The molecule has 1 unspecified atom stereocenters. The lowest BCUT2D eigenvalue weighted by molar-refractivity contribution is -0.130. The molecule has 0 aromatic carbocycles. The molecular weight excluding hydrogens is 290 g/mol. The second kappa shape index (κ2) is 6.41. The Morgan fingerprint density at radius 2 is 2.24 bits per heavy atom. The van der Waals surface area contributed by atoms with E-state index in [0.29, 0.717) is 13.2 Å². The van der Waals surface area contributed by atoms with Crippen LogP contribution in [0.25, 0.3) is 0 Å². The van der Waals surface area contributed by atoms with Crippen molar-refractivity contribution >= 4 is 23.0 Å². The van der Waals surface area contributed by atoms with Crippen LogP contribution >= 0.6 is 11.3 Å². The first-order valence-electron chi connectivity index (χ1n) is 6.79. The summed E-state index contributed by atoms with van der Waals surface area (Å²) >= 11 is 1.46. The molecule has 1 aromatic heterocycles. The summed E-state index contributed by atoms with van der Waals surface area (Å²) in [6, 6.07) is 3.23. The SMILES string of the molecule is COCCN1C(=O)C(O)=C(C(=O)C(C)C)C1c1cccs1. The molecule has 0 aliphatic carbocycles. The van der Waals surface area contributed by atoms with Crippen molar-refractivity contribution in [2.45, 2.75) is 19.9 Å². The Kier molecular flexibility index (Phi) is 4.80. The second-order valence-electron chi connectivity index (χ2n) is 5.19.